The van der Waals surface area contributed by atoms with E-state index < -0.39 is 0 Å². The molecule has 0 spiro atoms. The third-order valence-electron chi connectivity index (χ3n) is 5.73. The molecule has 2 aliphatic heterocycles. The molecule has 0 amide bonds. The van der Waals surface area contributed by atoms with E-state index in [2.05, 4.69) is 39.3 Å². The van der Waals surface area contributed by atoms with Crippen molar-refractivity contribution in [3.05, 3.63) is 11.1 Å². The van der Waals surface area contributed by atoms with Gasteiger partial charge in [0.25, 0.3) is 0 Å². The summed E-state index contributed by atoms with van der Waals surface area (Å²) in [5.41, 5.74) is 1.64. The second-order valence-corrected chi connectivity index (χ2v) is 8.96. The normalized spacial score (nSPS) is 24.3. The lowest BCUT2D eigenvalue weighted by atomic mass is 9.78. The van der Waals surface area contributed by atoms with E-state index in [-0.39, 0.29) is 0 Å². The van der Waals surface area contributed by atoms with Crippen molar-refractivity contribution in [2.24, 2.45) is 10.4 Å². The molecule has 1 unspecified atom stereocenters. The number of hydrogen-bond acceptors (Lipinski definition) is 4. The Morgan fingerprint density at radius 1 is 1.31 bits per heavy atom. The zero-order valence-electron chi connectivity index (χ0n) is 16.8. The van der Waals surface area contributed by atoms with E-state index >= 15 is 0 Å². The van der Waals surface area contributed by atoms with Crippen molar-refractivity contribution in [1.29, 1.82) is 0 Å². The topological polar surface area (TPSA) is 43.8 Å². The van der Waals surface area contributed by atoms with Gasteiger partial charge in [0, 0.05) is 51.6 Å². The molecule has 3 rings (SSSR count). The molecule has 0 bridgehead atoms. The minimum Gasteiger partial charge on any atom is -0.356 e. The van der Waals surface area contributed by atoms with E-state index in [0.29, 0.717) is 5.41 Å². The van der Waals surface area contributed by atoms with Gasteiger partial charge in [0.1, 0.15) is 0 Å². The van der Waals surface area contributed by atoms with Crippen molar-refractivity contribution in [2.45, 2.75) is 58.8 Å². The first-order chi connectivity index (χ1) is 12.6. The molecule has 26 heavy (non-hydrogen) atoms. The third kappa shape index (κ3) is 4.90. The van der Waals surface area contributed by atoms with E-state index in [1.807, 2.05) is 7.05 Å². The Balaban J connectivity index is 1.48. The Bertz CT molecular complexity index is 589. The molecule has 2 saturated heterocycles. The SMILES string of the molecule is CCCC1(C)CCCN(C(=NC)NCCc2csc(N3CCCC3)n2)C1. The number of hydrogen-bond donors (Lipinski definition) is 1. The summed E-state index contributed by atoms with van der Waals surface area (Å²) < 4.78 is 0. The first-order valence-corrected chi connectivity index (χ1v) is 11.2. The fraction of sp³-hybridized carbons (Fsp3) is 0.800. The molecular weight excluding hydrogens is 342 g/mol. The molecule has 2 fully saturated rings. The van der Waals surface area contributed by atoms with Crippen LogP contribution in [-0.4, -0.2) is 55.6 Å². The molecule has 1 aromatic rings. The smallest absolute Gasteiger partial charge is 0.193 e. The Morgan fingerprint density at radius 2 is 2.12 bits per heavy atom. The van der Waals surface area contributed by atoms with E-state index in [0.717, 1.165) is 32.0 Å². The maximum Gasteiger partial charge on any atom is 0.193 e. The van der Waals surface area contributed by atoms with Gasteiger partial charge in [0.2, 0.25) is 0 Å². The highest BCUT2D eigenvalue weighted by Crippen LogP contribution is 2.33. The minimum atomic E-state index is 0.435. The number of guanidine groups is 1. The second-order valence-electron chi connectivity index (χ2n) is 8.13. The standard InChI is InChI=1S/C20H35N5S/c1-4-9-20(2)10-7-14-25(16-20)18(21-3)22-11-8-17-15-26-19(23-17)24-12-5-6-13-24/h15H,4-14,16H2,1-3H3,(H,21,22). The number of nitrogens with one attached hydrogen (secondary N) is 1. The summed E-state index contributed by atoms with van der Waals surface area (Å²) in [6.45, 7) is 10.2. The number of likely N-dealkylation sites (tertiary alicyclic amines) is 1. The summed E-state index contributed by atoms with van der Waals surface area (Å²) in [5.74, 6) is 1.06. The van der Waals surface area contributed by atoms with Gasteiger partial charge in [-0.25, -0.2) is 4.98 Å². The Morgan fingerprint density at radius 3 is 2.85 bits per heavy atom. The van der Waals surface area contributed by atoms with Crippen LogP contribution >= 0.6 is 11.3 Å². The molecule has 1 N–H and O–H groups in total. The zero-order chi connectivity index (χ0) is 18.4. The molecule has 6 heteroatoms. The number of aromatic nitrogens is 1. The Kier molecular flexibility index (Phi) is 6.79. The fourth-order valence-corrected chi connectivity index (χ4v) is 5.32. The van der Waals surface area contributed by atoms with E-state index in [4.69, 9.17) is 4.98 Å². The van der Waals surface area contributed by atoms with Crippen molar-refractivity contribution in [3.8, 4) is 0 Å². The fourth-order valence-electron chi connectivity index (χ4n) is 4.40. The lowest BCUT2D eigenvalue weighted by Gasteiger charge is -2.42. The zero-order valence-corrected chi connectivity index (χ0v) is 17.6. The van der Waals surface area contributed by atoms with E-state index in [9.17, 15) is 0 Å². The molecule has 1 atom stereocenters. The van der Waals surface area contributed by atoms with Gasteiger partial charge in [-0.2, -0.15) is 0 Å². The summed E-state index contributed by atoms with van der Waals surface area (Å²) in [5, 5.41) is 6.99. The largest absolute Gasteiger partial charge is 0.356 e. The van der Waals surface area contributed by atoms with Gasteiger partial charge in [0.05, 0.1) is 5.69 Å². The molecule has 2 aliphatic rings. The summed E-state index contributed by atoms with van der Waals surface area (Å²) in [6, 6.07) is 0. The van der Waals surface area contributed by atoms with Crippen LogP contribution in [-0.2, 0) is 6.42 Å². The number of aliphatic imine (C=N–C) groups is 1. The van der Waals surface area contributed by atoms with Crippen molar-refractivity contribution in [1.82, 2.24) is 15.2 Å². The maximum absolute atomic E-state index is 4.83. The average Bonchev–Trinajstić information content (AvgIpc) is 3.30. The summed E-state index contributed by atoms with van der Waals surface area (Å²) in [6.07, 6.45) is 8.75. The number of nitrogens with zero attached hydrogens (tertiary/aromatic N) is 4. The predicted molar refractivity (Wildman–Crippen MR) is 112 cm³/mol. The first kappa shape index (κ1) is 19.5. The van der Waals surface area contributed by atoms with Gasteiger partial charge in [-0.3, -0.25) is 4.99 Å². The van der Waals surface area contributed by atoms with Crippen molar-refractivity contribution < 1.29 is 0 Å². The van der Waals surface area contributed by atoms with Crippen LogP contribution in [0.3, 0.4) is 0 Å². The highest BCUT2D eigenvalue weighted by molar-refractivity contribution is 7.13. The van der Waals surface area contributed by atoms with Gasteiger partial charge in [0.15, 0.2) is 11.1 Å². The lowest BCUT2D eigenvalue weighted by molar-refractivity contribution is 0.142. The van der Waals surface area contributed by atoms with Crippen LogP contribution in [0.15, 0.2) is 10.4 Å². The van der Waals surface area contributed by atoms with Gasteiger partial charge in [-0.1, -0.05) is 20.3 Å². The van der Waals surface area contributed by atoms with E-state index in [1.54, 1.807) is 11.3 Å². The Hall–Kier alpha value is -1.30. The quantitative estimate of drug-likeness (QED) is 0.605. The van der Waals surface area contributed by atoms with Crippen LogP contribution < -0.4 is 10.2 Å². The minimum absolute atomic E-state index is 0.435. The number of anilines is 1. The molecule has 0 saturated carbocycles. The first-order valence-electron chi connectivity index (χ1n) is 10.3. The highest BCUT2D eigenvalue weighted by atomic mass is 32.1. The molecule has 0 aromatic carbocycles. The molecule has 146 valence electrons. The maximum atomic E-state index is 4.83. The number of rotatable bonds is 6. The lowest BCUT2D eigenvalue weighted by Crippen LogP contribution is -2.50. The summed E-state index contributed by atoms with van der Waals surface area (Å²) >= 11 is 1.79. The second kappa shape index (κ2) is 9.07. The van der Waals surface area contributed by atoms with Gasteiger partial charge < -0.3 is 15.1 Å². The van der Waals surface area contributed by atoms with Gasteiger partial charge in [-0.05, 0) is 37.5 Å². The molecule has 0 radical (unpaired) electrons. The summed E-state index contributed by atoms with van der Waals surface area (Å²) in [7, 11) is 1.91. The van der Waals surface area contributed by atoms with Crippen LogP contribution in [0.1, 0.15) is 58.1 Å². The summed E-state index contributed by atoms with van der Waals surface area (Å²) in [4.78, 5) is 14.2. The van der Waals surface area contributed by atoms with Crippen LogP contribution in [0.5, 0.6) is 0 Å². The van der Waals surface area contributed by atoms with Crippen LogP contribution in [0, 0.1) is 5.41 Å². The van der Waals surface area contributed by atoms with E-state index in [1.165, 1.54) is 62.4 Å². The molecule has 1 aromatic heterocycles. The van der Waals surface area contributed by atoms with Crippen molar-refractivity contribution in [3.63, 3.8) is 0 Å². The monoisotopic (exact) mass is 377 g/mol. The molecule has 5 nitrogen and oxygen atoms in total. The molecule has 0 aliphatic carbocycles. The van der Waals surface area contributed by atoms with Gasteiger partial charge in [-0.15, -0.1) is 11.3 Å². The Labute approximate surface area is 162 Å². The van der Waals surface area contributed by atoms with Crippen molar-refractivity contribution >= 4 is 22.4 Å². The molecule has 3 heterocycles. The highest BCUT2D eigenvalue weighted by Gasteiger charge is 2.31. The average molecular weight is 378 g/mol. The van der Waals surface area contributed by atoms with Crippen LogP contribution in [0.2, 0.25) is 0 Å². The van der Waals surface area contributed by atoms with Gasteiger partial charge >= 0.3 is 0 Å². The number of piperidine rings is 1. The molecular formula is C20H35N5S. The third-order valence-corrected chi connectivity index (χ3v) is 6.68. The van der Waals surface area contributed by atoms with Crippen LogP contribution in [0.4, 0.5) is 5.13 Å². The van der Waals surface area contributed by atoms with Crippen molar-refractivity contribution in [2.75, 3.05) is 44.7 Å². The van der Waals surface area contributed by atoms with Crippen LogP contribution in [0.25, 0.3) is 0 Å². The predicted octanol–water partition coefficient (Wildman–Crippen LogP) is 3.76. The number of thiazole rings is 1.